The van der Waals surface area contributed by atoms with Crippen molar-refractivity contribution in [2.24, 2.45) is 17.8 Å². The van der Waals surface area contributed by atoms with Crippen LogP contribution in [-0.2, 0) is 4.79 Å². The molecule has 3 rings (SSSR count). The van der Waals surface area contributed by atoms with Crippen molar-refractivity contribution in [3.63, 3.8) is 0 Å². The third-order valence-corrected chi connectivity index (χ3v) is 4.39. The van der Waals surface area contributed by atoms with E-state index in [9.17, 15) is 9.59 Å². The first-order valence-corrected chi connectivity index (χ1v) is 6.85. The lowest BCUT2D eigenvalue weighted by Crippen LogP contribution is -2.42. The van der Waals surface area contributed by atoms with Crippen molar-refractivity contribution in [3.05, 3.63) is 24.2 Å². The van der Waals surface area contributed by atoms with Gasteiger partial charge in [-0.05, 0) is 49.1 Å². The summed E-state index contributed by atoms with van der Waals surface area (Å²) in [7, 11) is 0. The average Bonchev–Trinajstić information content (AvgIpc) is 3.12. The highest BCUT2D eigenvalue weighted by Crippen LogP contribution is 2.49. The molecule has 1 heterocycles. The van der Waals surface area contributed by atoms with Crippen LogP contribution in [0.3, 0.4) is 0 Å². The van der Waals surface area contributed by atoms with Crippen molar-refractivity contribution in [2.75, 3.05) is 0 Å². The van der Waals surface area contributed by atoms with Crippen molar-refractivity contribution >= 4 is 11.8 Å². The zero-order chi connectivity index (χ0) is 13.2. The molecule has 0 saturated heterocycles. The van der Waals surface area contributed by atoms with Gasteiger partial charge in [0.05, 0.1) is 6.26 Å². The quantitative estimate of drug-likeness (QED) is 0.817. The zero-order valence-electron chi connectivity index (χ0n) is 10.7. The van der Waals surface area contributed by atoms with Crippen LogP contribution in [0.1, 0.15) is 42.7 Å². The summed E-state index contributed by atoms with van der Waals surface area (Å²) in [5, 5.41) is 0. The summed E-state index contributed by atoms with van der Waals surface area (Å²) < 4.78 is 4.94. The number of amides is 2. The number of hydrogen-bond acceptors (Lipinski definition) is 3. The van der Waals surface area contributed by atoms with Gasteiger partial charge in [-0.2, -0.15) is 0 Å². The van der Waals surface area contributed by atoms with Crippen LogP contribution < -0.4 is 10.9 Å². The molecule has 0 aliphatic heterocycles. The summed E-state index contributed by atoms with van der Waals surface area (Å²) in [4.78, 5) is 23.3. The lowest BCUT2D eigenvalue weighted by molar-refractivity contribution is -0.123. The molecule has 0 aromatic carbocycles. The number of carbonyl (C=O) groups excluding carboxylic acids is 2. The van der Waals surface area contributed by atoms with E-state index in [1.165, 1.54) is 31.9 Å². The van der Waals surface area contributed by atoms with Crippen LogP contribution in [0.5, 0.6) is 0 Å². The number of hydrogen-bond donors (Lipinski definition) is 2. The van der Waals surface area contributed by atoms with Crippen LogP contribution in [-0.4, -0.2) is 11.8 Å². The molecule has 0 unspecified atom stereocenters. The summed E-state index contributed by atoms with van der Waals surface area (Å²) in [6.45, 7) is 0. The fourth-order valence-corrected chi connectivity index (χ4v) is 3.51. The molecule has 2 saturated carbocycles. The number of rotatable bonds is 3. The molecule has 3 atom stereocenters. The molecule has 5 nitrogen and oxygen atoms in total. The van der Waals surface area contributed by atoms with E-state index in [1.54, 1.807) is 12.1 Å². The molecule has 19 heavy (non-hydrogen) atoms. The first-order valence-electron chi connectivity index (χ1n) is 6.85. The van der Waals surface area contributed by atoms with Crippen molar-refractivity contribution in [1.29, 1.82) is 0 Å². The first-order chi connectivity index (χ1) is 9.22. The number of carbonyl (C=O) groups is 2. The second kappa shape index (κ2) is 5.07. The Balaban J connectivity index is 1.43. The van der Waals surface area contributed by atoms with E-state index in [4.69, 9.17) is 4.42 Å². The van der Waals surface area contributed by atoms with Gasteiger partial charge in [0.25, 0.3) is 0 Å². The van der Waals surface area contributed by atoms with Gasteiger partial charge in [-0.1, -0.05) is 6.42 Å². The lowest BCUT2D eigenvalue weighted by Gasteiger charge is -2.20. The first kappa shape index (κ1) is 12.3. The molecule has 5 heteroatoms. The lowest BCUT2D eigenvalue weighted by atomic mass is 9.86. The van der Waals surface area contributed by atoms with Crippen LogP contribution in [0.15, 0.2) is 22.8 Å². The van der Waals surface area contributed by atoms with Gasteiger partial charge in [0.2, 0.25) is 5.91 Å². The van der Waals surface area contributed by atoms with Gasteiger partial charge in [-0.15, -0.1) is 0 Å². The summed E-state index contributed by atoms with van der Waals surface area (Å²) in [5.74, 6) is 1.71. The molecule has 2 aliphatic rings. The Labute approximate surface area is 111 Å². The monoisotopic (exact) mass is 262 g/mol. The van der Waals surface area contributed by atoms with Crippen LogP contribution >= 0.6 is 0 Å². The fraction of sp³-hybridized carbons (Fsp3) is 0.571. The van der Waals surface area contributed by atoms with Gasteiger partial charge in [0, 0.05) is 6.42 Å². The van der Waals surface area contributed by atoms with E-state index < -0.39 is 5.91 Å². The highest BCUT2D eigenvalue weighted by atomic mass is 16.3. The zero-order valence-corrected chi connectivity index (χ0v) is 10.7. The minimum atomic E-state index is -0.425. The fourth-order valence-electron chi connectivity index (χ4n) is 3.51. The van der Waals surface area contributed by atoms with Crippen molar-refractivity contribution in [2.45, 2.75) is 32.1 Å². The largest absolute Gasteiger partial charge is 0.459 e. The van der Waals surface area contributed by atoms with E-state index in [0.717, 1.165) is 11.8 Å². The van der Waals surface area contributed by atoms with E-state index in [-0.39, 0.29) is 11.7 Å². The molecule has 0 radical (unpaired) electrons. The van der Waals surface area contributed by atoms with Gasteiger partial charge in [0.1, 0.15) is 0 Å². The van der Waals surface area contributed by atoms with Gasteiger partial charge < -0.3 is 4.42 Å². The Kier molecular flexibility index (Phi) is 3.27. The van der Waals surface area contributed by atoms with Crippen molar-refractivity contribution in [3.8, 4) is 0 Å². The molecule has 0 spiro atoms. The Bertz CT molecular complexity index is 469. The summed E-state index contributed by atoms with van der Waals surface area (Å²) >= 11 is 0. The average molecular weight is 262 g/mol. The number of fused-ring (bicyclic) bond motifs is 2. The third kappa shape index (κ3) is 2.64. The molecular formula is C14H18N2O3. The Morgan fingerprint density at radius 2 is 2.16 bits per heavy atom. The normalized spacial score (nSPS) is 28.3. The Morgan fingerprint density at radius 1 is 1.26 bits per heavy atom. The topological polar surface area (TPSA) is 71.3 Å². The second-order valence-electron chi connectivity index (χ2n) is 5.62. The highest BCUT2D eigenvalue weighted by molar-refractivity contribution is 5.92. The van der Waals surface area contributed by atoms with E-state index in [2.05, 4.69) is 10.9 Å². The smallest absolute Gasteiger partial charge is 0.305 e. The number of furan rings is 1. The summed E-state index contributed by atoms with van der Waals surface area (Å²) in [6, 6.07) is 3.18. The maximum atomic E-state index is 11.8. The number of nitrogens with one attached hydrogen (secondary N) is 2. The SMILES string of the molecule is O=C(C[C@@H]1C[C@H]2CC[C@H]1C2)NNC(=O)c1ccco1. The van der Waals surface area contributed by atoms with Crippen LogP contribution in [0.2, 0.25) is 0 Å². The standard InChI is InChI=1S/C14H18N2O3/c17-13(8-11-7-9-3-4-10(11)6-9)15-16-14(18)12-2-1-5-19-12/h1-2,5,9-11H,3-4,6-8H2,(H,15,17)(H,16,18)/t9-,10-,11-/m0/s1. The molecule has 2 amide bonds. The van der Waals surface area contributed by atoms with Gasteiger partial charge >= 0.3 is 5.91 Å². The Hall–Kier alpha value is -1.78. The van der Waals surface area contributed by atoms with Gasteiger partial charge in [-0.3, -0.25) is 20.4 Å². The molecule has 1 aromatic heterocycles. The Morgan fingerprint density at radius 3 is 2.79 bits per heavy atom. The van der Waals surface area contributed by atoms with Crippen molar-refractivity contribution < 1.29 is 14.0 Å². The van der Waals surface area contributed by atoms with Gasteiger partial charge in [0.15, 0.2) is 5.76 Å². The molecule has 102 valence electrons. The molecule has 2 aliphatic carbocycles. The van der Waals surface area contributed by atoms with Crippen LogP contribution in [0.25, 0.3) is 0 Å². The number of hydrazine groups is 1. The summed E-state index contributed by atoms with van der Waals surface area (Å²) in [5.41, 5.74) is 4.83. The molecule has 2 fully saturated rings. The van der Waals surface area contributed by atoms with Crippen LogP contribution in [0.4, 0.5) is 0 Å². The second-order valence-corrected chi connectivity index (χ2v) is 5.62. The van der Waals surface area contributed by atoms with E-state index >= 15 is 0 Å². The minimum absolute atomic E-state index is 0.113. The maximum absolute atomic E-state index is 11.8. The van der Waals surface area contributed by atoms with Gasteiger partial charge in [-0.25, -0.2) is 0 Å². The predicted molar refractivity (Wildman–Crippen MR) is 67.9 cm³/mol. The minimum Gasteiger partial charge on any atom is -0.459 e. The van der Waals surface area contributed by atoms with Crippen LogP contribution in [0, 0.1) is 17.8 Å². The van der Waals surface area contributed by atoms with E-state index in [0.29, 0.717) is 12.3 Å². The predicted octanol–water partition coefficient (Wildman–Crippen LogP) is 1.87. The third-order valence-electron chi connectivity index (χ3n) is 4.39. The molecule has 1 aromatic rings. The van der Waals surface area contributed by atoms with E-state index in [1.807, 2.05) is 0 Å². The molecule has 2 N–H and O–H groups in total. The summed E-state index contributed by atoms with van der Waals surface area (Å²) in [6.07, 6.45) is 6.99. The molecule has 2 bridgehead atoms. The molecular weight excluding hydrogens is 244 g/mol. The highest BCUT2D eigenvalue weighted by Gasteiger charge is 2.40. The van der Waals surface area contributed by atoms with Crippen molar-refractivity contribution in [1.82, 2.24) is 10.9 Å². The maximum Gasteiger partial charge on any atom is 0.305 e.